The summed E-state index contributed by atoms with van der Waals surface area (Å²) < 4.78 is 18.9. The zero-order valence-corrected chi connectivity index (χ0v) is 9.44. The second kappa shape index (κ2) is 5.25. The molecule has 0 N–H and O–H groups in total. The van der Waals surface area contributed by atoms with Gasteiger partial charge in [0, 0.05) is 6.20 Å². The lowest BCUT2D eigenvalue weighted by atomic mass is 10.2. The van der Waals surface area contributed by atoms with Crippen LogP contribution in [-0.4, -0.2) is 16.6 Å². The largest absolute Gasteiger partial charge is 0.459 e. The Balaban J connectivity index is 3.15. The van der Waals surface area contributed by atoms with Crippen molar-refractivity contribution in [2.24, 2.45) is 0 Å². The second-order valence-corrected chi connectivity index (χ2v) is 3.62. The lowest BCUT2D eigenvalue weighted by Gasteiger charge is -2.09. The minimum Gasteiger partial charge on any atom is -0.459 e. The van der Waals surface area contributed by atoms with Gasteiger partial charge in [0.05, 0.1) is 17.7 Å². The van der Waals surface area contributed by atoms with E-state index in [2.05, 4.69) is 0 Å². The fourth-order valence-electron chi connectivity index (χ4n) is 1.19. The lowest BCUT2D eigenvalue weighted by Crippen LogP contribution is -2.24. The molecule has 0 aromatic carbocycles. The predicted octanol–water partition coefficient (Wildman–Crippen LogP) is 1.08. The SMILES string of the molecule is CC(C)OC(=O)c1cc(F)c(=O)n(CC#N)c1. The van der Waals surface area contributed by atoms with Gasteiger partial charge in [-0.3, -0.25) is 9.36 Å². The van der Waals surface area contributed by atoms with Crippen LogP contribution in [0.25, 0.3) is 0 Å². The minimum absolute atomic E-state index is 0.0916. The molecule has 0 radical (unpaired) electrons. The Bertz CT molecular complexity index is 528. The molecular formula is C11H11FN2O3. The number of halogens is 1. The number of ether oxygens (including phenoxy) is 1. The Morgan fingerprint density at radius 3 is 2.82 bits per heavy atom. The first-order valence-electron chi connectivity index (χ1n) is 4.93. The van der Waals surface area contributed by atoms with Crippen molar-refractivity contribution >= 4 is 5.97 Å². The zero-order chi connectivity index (χ0) is 13.0. The molecule has 0 aliphatic heterocycles. The molecule has 0 saturated carbocycles. The van der Waals surface area contributed by atoms with Crippen LogP contribution in [0.3, 0.4) is 0 Å². The van der Waals surface area contributed by atoms with Gasteiger partial charge in [-0.15, -0.1) is 0 Å². The van der Waals surface area contributed by atoms with Crippen LogP contribution in [0.2, 0.25) is 0 Å². The van der Waals surface area contributed by atoms with Crippen molar-refractivity contribution in [2.45, 2.75) is 26.5 Å². The monoisotopic (exact) mass is 238 g/mol. The summed E-state index contributed by atoms with van der Waals surface area (Å²) in [5.41, 5.74) is -1.03. The normalized spacial score (nSPS) is 10.1. The lowest BCUT2D eigenvalue weighted by molar-refractivity contribution is 0.0376. The molecule has 1 aromatic rings. The number of rotatable bonds is 3. The number of nitriles is 1. The van der Waals surface area contributed by atoms with Gasteiger partial charge < -0.3 is 4.74 Å². The van der Waals surface area contributed by atoms with Crippen LogP contribution < -0.4 is 5.56 Å². The molecule has 1 heterocycles. The van der Waals surface area contributed by atoms with Crippen LogP contribution in [0, 0.1) is 17.1 Å². The molecule has 1 aromatic heterocycles. The fraction of sp³-hybridized carbons (Fsp3) is 0.364. The summed E-state index contributed by atoms with van der Waals surface area (Å²) in [7, 11) is 0. The molecule has 17 heavy (non-hydrogen) atoms. The fourth-order valence-corrected chi connectivity index (χ4v) is 1.19. The van der Waals surface area contributed by atoms with Crippen LogP contribution in [0.1, 0.15) is 24.2 Å². The van der Waals surface area contributed by atoms with Crippen molar-refractivity contribution in [1.29, 1.82) is 5.26 Å². The third-order valence-electron chi connectivity index (χ3n) is 1.86. The highest BCUT2D eigenvalue weighted by Gasteiger charge is 2.14. The molecule has 0 fully saturated rings. The van der Waals surface area contributed by atoms with E-state index in [0.717, 1.165) is 16.8 Å². The van der Waals surface area contributed by atoms with Gasteiger partial charge in [-0.1, -0.05) is 0 Å². The number of hydrogen-bond donors (Lipinski definition) is 0. The van der Waals surface area contributed by atoms with Crippen molar-refractivity contribution in [3.8, 4) is 6.07 Å². The number of esters is 1. The summed E-state index contributed by atoms with van der Waals surface area (Å²) >= 11 is 0. The average Bonchev–Trinajstić information content (AvgIpc) is 2.23. The predicted molar refractivity (Wildman–Crippen MR) is 56.8 cm³/mol. The van der Waals surface area contributed by atoms with E-state index < -0.39 is 17.3 Å². The quantitative estimate of drug-likeness (QED) is 0.738. The van der Waals surface area contributed by atoms with E-state index in [0.29, 0.717) is 0 Å². The molecule has 0 amide bonds. The van der Waals surface area contributed by atoms with Crippen LogP contribution in [-0.2, 0) is 11.3 Å². The van der Waals surface area contributed by atoms with Crippen LogP contribution >= 0.6 is 0 Å². The van der Waals surface area contributed by atoms with E-state index in [4.69, 9.17) is 10.00 Å². The van der Waals surface area contributed by atoms with Gasteiger partial charge in [0.1, 0.15) is 6.54 Å². The minimum atomic E-state index is -1.08. The van der Waals surface area contributed by atoms with E-state index >= 15 is 0 Å². The van der Waals surface area contributed by atoms with Crippen LogP contribution in [0.4, 0.5) is 4.39 Å². The van der Waals surface area contributed by atoms with Gasteiger partial charge >= 0.3 is 5.97 Å². The van der Waals surface area contributed by atoms with Crippen LogP contribution in [0.5, 0.6) is 0 Å². The highest BCUT2D eigenvalue weighted by Crippen LogP contribution is 2.04. The Morgan fingerprint density at radius 1 is 1.65 bits per heavy atom. The molecular weight excluding hydrogens is 227 g/mol. The molecule has 5 nitrogen and oxygen atoms in total. The number of nitrogens with zero attached hydrogens (tertiary/aromatic N) is 2. The Labute approximate surface area is 97.0 Å². The van der Waals surface area contributed by atoms with Crippen molar-refractivity contribution < 1.29 is 13.9 Å². The molecule has 90 valence electrons. The van der Waals surface area contributed by atoms with Gasteiger partial charge in [0.2, 0.25) is 0 Å². The topological polar surface area (TPSA) is 72.1 Å². The Kier molecular flexibility index (Phi) is 3.99. The molecule has 1 rings (SSSR count). The molecule has 0 atom stereocenters. The maximum Gasteiger partial charge on any atom is 0.339 e. The molecule has 0 aliphatic rings. The first-order valence-corrected chi connectivity index (χ1v) is 4.93. The van der Waals surface area contributed by atoms with Gasteiger partial charge in [0.25, 0.3) is 5.56 Å². The first-order chi connectivity index (χ1) is 7.95. The number of pyridine rings is 1. The summed E-state index contributed by atoms with van der Waals surface area (Å²) in [5, 5.41) is 8.46. The van der Waals surface area contributed by atoms with Gasteiger partial charge in [-0.05, 0) is 19.9 Å². The van der Waals surface area contributed by atoms with Crippen molar-refractivity contribution in [2.75, 3.05) is 0 Å². The van der Waals surface area contributed by atoms with Gasteiger partial charge in [-0.25, -0.2) is 9.18 Å². The standard InChI is InChI=1S/C11H11FN2O3/c1-7(2)17-11(16)8-5-9(12)10(15)14(6-8)4-3-13/h5-7H,4H2,1-2H3. The third-order valence-corrected chi connectivity index (χ3v) is 1.86. The average molecular weight is 238 g/mol. The molecule has 6 heteroatoms. The van der Waals surface area contributed by atoms with Gasteiger partial charge in [0.15, 0.2) is 5.82 Å². The molecule has 0 bridgehead atoms. The Morgan fingerprint density at radius 2 is 2.29 bits per heavy atom. The summed E-state index contributed by atoms with van der Waals surface area (Å²) in [6, 6.07) is 2.51. The number of hydrogen-bond acceptors (Lipinski definition) is 4. The summed E-state index contributed by atoms with van der Waals surface area (Å²) in [5.74, 6) is -1.82. The van der Waals surface area contributed by atoms with Crippen molar-refractivity contribution in [1.82, 2.24) is 4.57 Å². The summed E-state index contributed by atoms with van der Waals surface area (Å²) in [4.78, 5) is 22.7. The highest BCUT2D eigenvalue weighted by atomic mass is 19.1. The number of aromatic nitrogens is 1. The van der Waals surface area contributed by atoms with E-state index in [9.17, 15) is 14.0 Å². The molecule has 0 unspecified atom stereocenters. The summed E-state index contributed by atoms with van der Waals surface area (Å²) in [6.07, 6.45) is 0.765. The first kappa shape index (κ1) is 12.9. The zero-order valence-electron chi connectivity index (χ0n) is 9.44. The number of carbonyl (C=O) groups excluding carboxylic acids is 1. The maximum atomic E-state index is 13.2. The highest BCUT2D eigenvalue weighted by molar-refractivity contribution is 5.89. The molecule has 0 saturated heterocycles. The van der Waals surface area contributed by atoms with E-state index in [-0.39, 0.29) is 18.2 Å². The van der Waals surface area contributed by atoms with Crippen molar-refractivity contribution in [3.05, 3.63) is 34.0 Å². The second-order valence-electron chi connectivity index (χ2n) is 3.62. The third kappa shape index (κ3) is 3.14. The maximum absolute atomic E-state index is 13.2. The summed E-state index contributed by atoms with van der Waals surface area (Å²) in [6.45, 7) is 2.98. The number of carbonyl (C=O) groups is 1. The van der Waals surface area contributed by atoms with E-state index in [1.54, 1.807) is 19.9 Å². The van der Waals surface area contributed by atoms with E-state index in [1.807, 2.05) is 0 Å². The molecule has 0 aliphatic carbocycles. The molecule has 0 spiro atoms. The van der Waals surface area contributed by atoms with E-state index in [1.165, 1.54) is 0 Å². The smallest absolute Gasteiger partial charge is 0.339 e. The van der Waals surface area contributed by atoms with Crippen LogP contribution in [0.15, 0.2) is 17.1 Å². The van der Waals surface area contributed by atoms with Gasteiger partial charge in [-0.2, -0.15) is 5.26 Å². The van der Waals surface area contributed by atoms with Crippen molar-refractivity contribution in [3.63, 3.8) is 0 Å². The Hall–Kier alpha value is -2.16.